The zero-order valence-electron chi connectivity index (χ0n) is 18.2. The van der Waals surface area contributed by atoms with Crippen molar-refractivity contribution in [3.63, 3.8) is 0 Å². The van der Waals surface area contributed by atoms with Crippen LogP contribution in [0.3, 0.4) is 0 Å². The van der Waals surface area contributed by atoms with Gasteiger partial charge < -0.3 is 29.2 Å². The van der Waals surface area contributed by atoms with Gasteiger partial charge in [-0.25, -0.2) is 0 Å². The van der Waals surface area contributed by atoms with Gasteiger partial charge in [0.1, 0.15) is 36.6 Å². The number of hydrogen-bond donors (Lipinski definition) is 2. The van der Waals surface area contributed by atoms with Gasteiger partial charge in [0.2, 0.25) is 0 Å². The standard InChI is InChI=1S/C28H24O6/c29-21-23-24(32-27(31-23)19-13-5-9-15-7-1-3-11-17(15)19)22(30)26-25(21)33-28(34-26)20-14-6-10-16-8-2-4-12-18(16)20/h1-14,21-30H/t21?,22?,23-,24-,25-,26+,27?,28?/m0/s1. The van der Waals surface area contributed by atoms with Gasteiger partial charge in [0.15, 0.2) is 12.6 Å². The SMILES string of the molecule is OC1[C@H]2OC(c3cccc4ccccc34)O[C@H]2C(O)[C@@H]2OC(c3cccc4ccccc34)O[C@@H]12. The van der Waals surface area contributed by atoms with Crippen LogP contribution in [-0.2, 0) is 18.9 Å². The van der Waals surface area contributed by atoms with E-state index in [9.17, 15) is 10.2 Å². The van der Waals surface area contributed by atoms with Crippen LogP contribution in [0.1, 0.15) is 23.7 Å². The van der Waals surface area contributed by atoms with Crippen molar-refractivity contribution in [2.24, 2.45) is 0 Å². The third-order valence-electron chi connectivity index (χ3n) is 7.27. The van der Waals surface area contributed by atoms with Crippen LogP contribution in [0.15, 0.2) is 84.9 Å². The van der Waals surface area contributed by atoms with Crippen LogP contribution in [0.4, 0.5) is 0 Å². The molecule has 1 saturated carbocycles. The monoisotopic (exact) mass is 456 g/mol. The molecule has 4 aromatic carbocycles. The van der Waals surface area contributed by atoms with Crippen molar-refractivity contribution in [2.45, 2.75) is 49.2 Å². The molecule has 0 aromatic heterocycles. The van der Waals surface area contributed by atoms with Gasteiger partial charge in [-0.05, 0) is 21.5 Å². The fraction of sp³-hybridized carbons (Fsp3) is 0.286. The van der Waals surface area contributed by atoms with Crippen LogP contribution < -0.4 is 0 Å². The zero-order chi connectivity index (χ0) is 22.8. The van der Waals surface area contributed by atoms with Gasteiger partial charge >= 0.3 is 0 Å². The van der Waals surface area contributed by atoms with Crippen molar-refractivity contribution in [1.82, 2.24) is 0 Å². The molecule has 2 aliphatic heterocycles. The zero-order valence-corrected chi connectivity index (χ0v) is 18.2. The summed E-state index contributed by atoms with van der Waals surface area (Å²) < 4.78 is 24.8. The number of benzene rings is 4. The average molecular weight is 456 g/mol. The Labute approximate surface area is 196 Å². The quantitative estimate of drug-likeness (QED) is 0.475. The number of aliphatic hydroxyl groups excluding tert-OH is 2. The minimum atomic E-state index is -1.00. The van der Waals surface area contributed by atoms with Crippen LogP contribution in [0, 0.1) is 0 Å². The lowest BCUT2D eigenvalue weighted by atomic mass is 9.85. The van der Waals surface area contributed by atoms with Crippen molar-refractivity contribution < 1.29 is 29.2 Å². The summed E-state index contributed by atoms with van der Waals surface area (Å²) in [6.07, 6.45) is -6.30. The molecule has 3 aliphatic rings. The maximum atomic E-state index is 11.2. The first-order chi connectivity index (χ1) is 16.7. The average Bonchev–Trinajstić information content (AvgIpc) is 3.53. The van der Waals surface area contributed by atoms with Crippen LogP contribution in [-0.4, -0.2) is 46.8 Å². The van der Waals surface area contributed by atoms with E-state index in [1.807, 2.05) is 84.9 Å². The molecule has 4 aromatic rings. The molecular weight excluding hydrogens is 432 g/mol. The molecule has 2 N–H and O–H groups in total. The Hall–Kier alpha value is -2.84. The molecule has 2 heterocycles. The first-order valence-electron chi connectivity index (χ1n) is 11.6. The van der Waals surface area contributed by atoms with E-state index in [1.165, 1.54) is 0 Å². The van der Waals surface area contributed by atoms with Crippen LogP contribution in [0.2, 0.25) is 0 Å². The molecule has 3 fully saturated rings. The number of hydrogen-bond acceptors (Lipinski definition) is 6. The molecular formula is C28H24O6. The fourth-order valence-corrected chi connectivity index (χ4v) is 5.62. The smallest absolute Gasteiger partial charge is 0.185 e. The number of aliphatic hydroxyl groups is 2. The molecule has 7 rings (SSSR count). The highest BCUT2D eigenvalue weighted by atomic mass is 16.8. The van der Waals surface area contributed by atoms with Gasteiger partial charge in [-0.1, -0.05) is 84.9 Å². The Balaban J connectivity index is 1.18. The molecule has 6 heteroatoms. The summed E-state index contributed by atoms with van der Waals surface area (Å²) in [5, 5.41) is 26.6. The second-order valence-corrected chi connectivity index (χ2v) is 9.18. The number of fused-ring (bicyclic) bond motifs is 4. The molecule has 0 amide bonds. The van der Waals surface area contributed by atoms with E-state index in [4.69, 9.17) is 18.9 Å². The lowest BCUT2D eigenvalue weighted by Gasteiger charge is -2.38. The summed E-state index contributed by atoms with van der Waals surface area (Å²) in [7, 11) is 0. The largest absolute Gasteiger partial charge is 0.387 e. The summed E-state index contributed by atoms with van der Waals surface area (Å²) in [6, 6.07) is 27.9. The molecule has 34 heavy (non-hydrogen) atoms. The Morgan fingerprint density at radius 1 is 0.441 bits per heavy atom. The fourth-order valence-electron chi connectivity index (χ4n) is 5.62. The summed E-state index contributed by atoms with van der Waals surface area (Å²) in [4.78, 5) is 0. The van der Waals surface area contributed by atoms with E-state index in [1.54, 1.807) is 0 Å². The minimum absolute atomic E-state index is 0.696. The van der Waals surface area contributed by atoms with Gasteiger partial charge in [-0.3, -0.25) is 0 Å². The van der Waals surface area contributed by atoms with Gasteiger partial charge in [-0.2, -0.15) is 0 Å². The van der Waals surface area contributed by atoms with E-state index < -0.39 is 49.2 Å². The number of rotatable bonds is 2. The molecule has 1 aliphatic carbocycles. The van der Waals surface area contributed by atoms with Crippen molar-refractivity contribution in [3.05, 3.63) is 96.1 Å². The second kappa shape index (κ2) is 7.85. The van der Waals surface area contributed by atoms with Crippen molar-refractivity contribution >= 4 is 21.5 Å². The lowest BCUT2D eigenvalue weighted by molar-refractivity contribution is -0.152. The highest BCUT2D eigenvalue weighted by Gasteiger charge is 2.60. The highest BCUT2D eigenvalue weighted by Crippen LogP contribution is 2.47. The molecule has 0 bridgehead atoms. The minimum Gasteiger partial charge on any atom is -0.387 e. The summed E-state index contributed by atoms with van der Waals surface area (Å²) >= 11 is 0. The van der Waals surface area contributed by atoms with E-state index in [2.05, 4.69) is 0 Å². The van der Waals surface area contributed by atoms with Gasteiger partial charge in [0, 0.05) is 11.1 Å². The van der Waals surface area contributed by atoms with Gasteiger partial charge in [0.25, 0.3) is 0 Å². The van der Waals surface area contributed by atoms with Crippen LogP contribution >= 0.6 is 0 Å². The van der Waals surface area contributed by atoms with Crippen LogP contribution in [0.25, 0.3) is 21.5 Å². The maximum Gasteiger partial charge on any atom is 0.185 e. The topological polar surface area (TPSA) is 77.4 Å². The highest BCUT2D eigenvalue weighted by molar-refractivity contribution is 5.86. The third kappa shape index (κ3) is 3.04. The van der Waals surface area contributed by atoms with Gasteiger partial charge in [0.05, 0.1) is 0 Å². The maximum absolute atomic E-state index is 11.2. The summed E-state index contributed by atoms with van der Waals surface area (Å²) in [5.74, 6) is 0. The molecule has 172 valence electrons. The number of ether oxygens (including phenoxy) is 4. The Morgan fingerprint density at radius 2 is 0.794 bits per heavy atom. The van der Waals surface area contributed by atoms with Crippen molar-refractivity contribution in [2.75, 3.05) is 0 Å². The first kappa shape index (κ1) is 20.5. The van der Waals surface area contributed by atoms with Gasteiger partial charge in [-0.15, -0.1) is 0 Å². The molecule has 2 saturated heterocycles. The van der Waals surface area contributed by atoms with Crippen molar-refractivity contribution in [3.8, 4) is 0 Å². The normalized spacial score (nSPS) is 34.9. The second-order valence-electron chi connectivity index (χ2n) is 9.18. The summed E-state index contributed by atoms with van der Waals surface area (Å²) in [6.45, 7) is 0. The molecule has 0 spiro atoms. The van der Waals surface area contributed by atoms with E-state index in [-0.39, 0.29) is 0 Å². The van der Waals surface area contributed by atoms with E-state index in [0.717, 1.165) is 32.7 Å². The van der Waals surface area contributed by atoms with Crippen LogP contribution in [0.5, 0.6) is 0 Å². The Kier molecular flexibility index (Phi) is 4.74. The lowest BCUT2D eigenvalue weighted by Crippen LogP contribution is -2.61. The molecule has 6 nitrogen and oxygen atoms in total. The van der Waals surface area contributed by atoms with E-state index in [0.29, 0.717) is 0 Å². The predicted molar refractivity (Wildman–Crippen MR) is 125 cm³/mol. The molecule has 4 unspecified atom stereocenters. The molecule has 0 radical (unpaired) electrons. The summed E-state index contributed by atoms with van der Waals surface area (Å²) in [5.41, 5.74) is 1.74. The van der Waals surface area contributed by atoms with E-state index >= 15 is 0 Å². The molecule has 8 atom stereocenters. The Bertz CT molecular complexity index is 1230. The predicted octanol–water partition coefficient (Wildman–Crippen LogP) is 3.99. The van der Waals surface area contributed by atoms with Crippen molar-refractivity contribution in [1.29, 1.82) is 0 Å². The third-order valence-corrected chi connectivity index (χ3v) is 7.27. The first-order valence-corrected chi connectivity index (χ1v) is 11.6. The Morgan fingerprint density at radius 3 is 1.21 bits per heavy atom.